The van der Waals surface area contributed by atoms with Crippen LogP contribution in [0.3, 0.4) is 0 Å². The molecule has 3 nitrogen and oxygen atoms in total. The van der Waals surface area contributed by atoms with Crippen molar-refractivity contribution in [1.29, 1.82) is 0 Å². The fourth-order valence-electron chi connectivity index (χ4n) is 2.99. The van der Waals surface area contributed by atoms with Crippen molar-refractivity contribution in [3.05, 3.63) is 90.2 Å². The summed E-state index contributed by atoms with van der Waals surface area (Å²) >= 11 is 0. The van der Waals surface area contributed by atoms with Gasteiger partial charge < -0.3 is 9.84 Å². The molecule has 3 aromatic carbocycles. The second-order valence-corrected chi connectivity index (χ2v) is 6.68. The van der Waals surface area contributed by atoms with Crippen molar-refractivity contribution in [1.82, 2.24) is 4.90 Å². The van der Waals surface area contributed by atoms with Crippen LogP contribution in [-0.4, -0.2) is 36.3 Å². The van der Waals surface area contributed by atoms with Crippen LogP contribution in [-0.2, 0) is 6.54 Å². The fraction of sp³-hybridized carbons (Fsp3) is 0.217. The molecular formula is C23H24FNO2. The highest BCUT2D eigenvalue weighted by Crippen LogP contribution is 2.22. The Labute approximate surface area is 159 Å². The van der Waals surface area contributed by atoms with Crippen LogP contribution in [0.15, 0.2) is 78.9 Å². The van der Waals surface area contributed by atoms with Gasteiger partial charge in [-0.25, -0.2) is 4.39 Å². The molecule has 0 aliphatic heterocycles. The van der Waals surface area contributed by atoms with Crippen LogP contribution in [0.4, 0.5) is 4.39 Å². The maximum Gasteiger partial charge on any atom is 0.123 e. The average Bonchev–Trinajstić information content (AvgIpc) is 2.67. The summed E-state index contributed by atoms with van der Waals surface area (Å²) in [6.45, 7) is 1.22. The zero-order valence-corrected chi connectivity index (χ0v) is 15.4. The maximum absolute atomic E-state index is 13.2. The van der Waals surface area contributed by atoms with Gasteiger partial charge in [0.2, 0.25) is 0 Å². The topological polar surface area (TPSA) is 32.7 Å². The van der Waals surface area contributed by atoms with Crippen molar-refractivity contribution in [3.63, 3.8) is 0 Å². The van der Waals surface area contributed by atoms with E-state index in [0.717, 1.165) is 22.4 Å². The lowest BCUT2D eigenvalue weighted by Gasteiger charge is -2.21. The van der Waals surface area contributed by atoms with E-state index < -0.39 is 6.10 Å². The van der Waals surface area contributed by atoms with Gasteiger partial charge in [-0.15, -0.1) is 0 Å². The number of nitrogens with zero attached hydrogens (tertiary/aromatic N) is 1. The van der Waals surface area contributed by atoms with Crippen LogP contribution in [0, 0.1) is 5.82 Å². The number of hydrogen-bond donors (Lipinski definition) is 1. The molecule has 0 fully saturated rings. The summed E-state index contributed by atoms with van der Waals surface area (Å²) in [5.41, 5.74) is 3.16. The minimum atomic E-state index is -0.627. The zero-order chi connectivity index (χ0) is 19.1. The lowest BCUT2D eigenvalue weighted by molar-refractivity contribution is 0.0744. The molecule has 27 heavy (non-hydrogen) atoms. The van der Waals surface area contributed by atoms with E-state index in [4.69, 9.17) is 4.74 Å². The van der Waals surface area contributed by atoms with E-state index >= 15 is 0 Å². The summed E-state index contributed by atoms with van der Waals surface area (Å²) in [5, 5.41) is 10.2. The number of aliphatic hydroxyl groups is 1. The van der Waals surface area contributed by atoms with Gasteiger partial charge in [0.15, 0.2) is 0 Å². The Hall–Kier alpha value is -2.69. The summed E-state index contributed by atoms with van der Waals surface area (Å²) in [6, 6.07) is 24.5. The molecule has 0 unspecified atom stereocenters. The van der Waals surface area contributed by atoms with Crippen molar-refractivity contribution in [3.8, 4) is 16.9 Å². The van der Waals surface area contributed by atoms with E-state index in [9.17, 15) is 9.50 Å². The number of likely N-dealkylation sites (N-methyl/N-ethyl adjacent to an activating group) is 1. The molecule has 0 aliphatic carbocycles. The predicted octanol–water partition coefficient (Wildman–Crippen LogP) is 4.36. The summed E-state index contributed by atoms with van der Waals surface area (Å²) in [6.07, 6.45) is -0.627. The average molecular weight is 365 g/mol. The van der Waals surface area contributed by atoms with Gasteiger partial charge in [-0.2, -0.15) is 0 Å². The minimum Gasteiger partial charge on any atom is -0.491 e. The first-order chi connectivity index (χ1) is 13.1. The molecule has 0 radical (unpaired) electrons. The number of ether oxygens (including phenoxy) is 1. The molecule has 0 bridgehead atoms. The molecule has 1 N–H and O–H groups in total. The first kappa shape index (κ1) is 19.1. The van der Waals surface area contributed by atoms with Gasteiger partial charge in [-0.3, -0.25) is 4.90 Å². The van der Waals surface area contributed by atoms with Crippen molar-refractivity contribution >= 4 is 0 Å². The highest BCUT2D eigenvalue weighted by atomic mass is 19.1. The predicted molar refractivity (Wildman–Crippen MR) is 106 cm³/mol. The molecule has 0 saturated heterocycles. The Balaban J connectivity index is 1.46. The summed E-state index contributed by atoms with van der Waals surface area (Å²) in [5.74, 6) is 0.477. The van der Waals surface area contributed by atoms with E-state index in [0.29, 0.717) is 13.1 Å². The first-order valence-corrected chi connectivity index (χ1v) is 8.99. The standard InChI is InChI=1S/C23H24FNO2/c1-25(15-18-6-5-9-21(24)14-18)16-22(26)17-27-23-12-10-20(11-13-23)19-7-3-2-4-8-19/h2-14,22,26H,15-17H2,1H3/t22-/m1/s1. The minimum absolute atomic E-state index is 0.207. The number of hydrogen-bond acceptors (Lipinski definition) is 3. The largest absolute Gasteiger partial charge is 0.491 e. The summed E-state index contributed by atoms with van der Waals surface area (Å²) < 4.78 is 18.9. The van der Waals surface area contributed by atoms with E-state index in [1.807, 2.05) is 60.5 Å². The molecule has 3 rings (SSSR count). The molecule has 0 saturated carbocycles. The van der Waals surface area contributed by atoms with Crippen molar-refractivity contribution in [2.75, 3.05) is 20.2 Å². The van der Waals surface area contributed by atoms with Crippen LogP contribution in [0.1, 0.15) is 5.56 Å². The van der Waals surface area contributed by atoms with Gasteiger partial charge in [-0.05, 0) is 48.0 Å². The molecule has 0 aromatic heterocycles. The molecular weight excluding hydrogens is 341 g/mol. The SMILES string of the molecule is CN(Cc1cccc(F)c1)C[C@@H](O)COc1ccc(-c2ccccc2)cc1. The Morgan fingerprint density at radius 1 is 0.926 bits per heavy atom. The van der Waals surface area contributed by atoms with Gasteiger partial charge in [0.25, 0.3) is 0 Å². The van der Waals surface area contributed by atoms with E-state index in [1.165, 1.54) is 12.1 Å². The fourth-order valence-corrected chi connectivity index (χ4v) is 2.99. The molecule has 1 atom stereocenters. The number of aliphatic hydroxyl groups excluding tert-OH is 1. The monoisotopic (exact) mass is 365 g/mol. The lowest BCUT2D eigenvalue weighted by Crippen LogP contribution is -2.32. The van der Waals surface area contributed by atoms with Crippen LogP contribution in [0.2, 0.25) is 0 Å². The number of halogens is 1. The van der Waals surface area contributed by atoms with Crippen molar-refractivity contribution in [2.24, 2.45) is 0 Å². The molecule has 3 aromatic rings. The molecule has 0 amide bonds. The Morgan fingerprint density at radius 3 is 2.33 bits per heavy atom. The van der Waals surface area contributed by atoms with E-state index in [-0.39, 0.29) is 12.4 Å². The molecule has 140 valence electrons. The Bertz CT molecular complexity index is 837. The summed E-state index contributed by atoms with van der Waals surface area (Å²) in [4.78, 5) is 1.95. The summed E-state index contributed by atoms with van der Waals surface area (Å²) in [7, 11) is 1.89. The third kappa shape index (κ3) is 5.91. The smallest absolute Gasteiger partial charge is 0.123 e. The third-order valence-corrected chi connectivity index (χ3v) is 4.27. The second kappa shape index (κ2) is 9.31. The van der Waals surface area contributed by atoms with Crippen molar-refractivity contribution < 1.29 is 14.2 Å². The second-order valence-electron chi connectivity index (χ2n) is 6.68. The quantitative estimate of drug-likeness (QED) is 0.644. The van der Waals surface area contributed by atoms with Crippen molar-refractivity contribution in [2.45, 2.75) is 12.6 Å². The third-order valence-electron chi connectivity index (χ3n) is 4.27. The van der Waals surface area contributed by atoms with Crippen LogP contribution >= 0.6 is 0 Å². The molecule has 0 heterocycles. The molecule has 0 spiro atoms. The van der Waals surface area contributed by atoms with E-state index in [2.05, 4.69) is 12.1 Å². The van der Waals surface area contributed by atoms with Gasteiger partial charge in [0.05, 0.1) is 0 Å². The molecule has 0 aliphatic rings. The first-order valence-electron chi connectivity index (χ1n) is 8.99. The van der Waals surface area contributed by atoms with Gasteiger partial charge in [0, 0.05) is 13.1 Å². The lowest BCUT2D eigenvalue weighted by atomic mass is 10.1. The van der Waals surface area contributed by atoms with Gasteiger partial charge >= 0.3 is 0 Å². The Kier molecular flexibility index (Phi) is 6.58. The van der Waals surface area contributed by atoms with Crippen LogP contribution < -0.4 is 4.74 Å². The highest BCUT2D eigenvalue weighted by Gasteiger charge is 2.10. The normalized spacial score (nSPS) is 12.1. The van der Waals surface area contributed by atoms with Gasteiger partial charge in [0.1, 0.15) is 24.3 Å². The molecule has 4 heteroatoms. The highest BCUT2D eigenvalue weighted by molar-refractivity contribution is 5.63. The zero-order valence-electron chi connectivity index (χ0n) is 15.4. The van der Waals surface area contributed by atoms with Crippen LogP contribution in [0.5, 0.6) is 5.75 Å². The number of benzene rings is 3. The van der Waals surface area contributed by atoms with Gasteiger partial charge in [-0.1, -0.05) is 54.6 Å². The Morgan fingerprint density at radius 2 is 1.63 bits per heavy atom. The van der Waals surface area contributed by atoms with E-state index in [1.54, 1.807) is 6.07 Å². The number of rotatable bonds is 8. The van der Waals surface area contributed by atoms with Crippen LogP contribution in [0.25, 0.3) is 11.1 Å². The maximum atomic E-state index is 13.2.